The molecular formula is C20H31N3O2. The van der Waals surface area contributed by atoms with Crippen LogP contribution < -0.4 is 4.90 Å². The Morgan fingerprint density at radius 1 is 0.960 bits per heavy atom. The monoisotopic (exact) mass is 345 g/mol. The highest BCUT2D eigenvalue weighted by atomic mass is 16.4. The fraction of sp³-hybridized carbons (Fsp3) is 0.800. The predicted octanol–water partition coefficient (Wildman–Crippen LogP) is 3.94. The molecular weight excluding hydrogens is 314 g/mol. The van der Waals surface area contributed by atoms with E-state index >= 15 is 0 Å². The Kier molecular flexibility index (Phi) is 4.74. The molecule has 1 aromatic rings. The van der Waals surface area contributed by atoms with Crippen LogP contribution in [-0.2, 0) is 7.05 Å². The molecule has 1 aromatic heterocycles. The summed E-state index contributed by atoms with van der Waals surface area (Å²) in [6.07, 6.45) is 14.5. The first-order chi connectivity index (χ1) is 12.1. The van der Waals surface area contributed by atoms with Crippen molar-refractivity contribution >= 4 is 11.8 Å². The van der Waals surface area contributed by atoms with Crippen molar-refractivity contribution < 1.29 is 9.90 Å². The first kappa shape index (κ1) is 16.9. The number of rotatable bonds is 2. The van der Waals surface area contributed by atoms with Crippen molar-refractivity contribution in [3.05, 3.63) is 11.8 Å². The van der Waals surface area contributed by atoms with Gasteiger partial charge in [-0.3, -0.25) is 4.68 Å². The van der Waals surface area contributed by atoms with Crippen LogP contribution in [-0.4, -0.2) is 33.9 Å². The van der Waals surface area contributed by atoms with E-state index in [9.17, 15) is 4.79 Å². The molecule has 6 rings (SSSR count). The highest BCUT2D eigenvalue weighted by molar-refractivity contribution is 5.93. The average molecular weight is 345 g/mol. The molecule has 138 valence electrons. The maximum Gasteiger partial charge on any atom is 0.341 e. The summed E-state index contributed by atoms with van der Waals surface area (Å²) in [4.78, 5) is 13.1. The van der Waals surface area contributed by atoms with E-state index in [1.54, 1.807) is 50.3 Å². The largest absolute Gasteiger partial charge is 0.477 e. The van der Waals surface area contributed by atoms with Crippen LogP contribution >= 0.6 is 0 Å². The summed E-state index contributed by atoms with van der Waals surface area (Å²) < 4.78 is 1.65. The molecule has 5 aliphatic rings. The smallest absolute Gasteiger partial charge is 0.341 e. The van der Waals surface area contributed by atoms with Crippen molar-refractivity contribution in [1.82, 2.24) is 9.78 Å². The van der Waals surface area contributed by atoms with Crippen LogP contribution in [0.1, 0.15) is 68.1 Å². The number of hydrogen-bond acceptors (Lipinski definition) is 3. The molecule has 0 unspecified atom stereocenters. The first-order valence-corrected chi connectivity index (χ1v) is 10.1. The SMILES string of the molecule is C1C2CC3CC1CC(C2)C3.Cn1ncc(C(=O)O)c1N1CCCCC1. The average Bonchev–Trinajstić information content (AvgIpc) is 2.97. The summed E-state index contributed by atoms with van der Waals surface area (Å²) in [6.45, 7) is 1.86. The third-order valence-electron chi connectivity index (χ3n) is 6.79. The Bertz CT molecular complexity index is 562. The molecule has 0 radical (unpaired) electrons. The second kappa shape index (κ2) is 7.00. The van der Waals surface area contributed by atoms with Gasteiger partial charge in [-0.25, -0.2) is 4.79 Å². The van der Waals surface area contributed by atoms with Crippen LogP contribution in [0.25, 0.3) is 0 Å². The molecule has 1 aliphatic heterocycles. The normalized spacial score (nSPS) is 33.1. The van der Waals surface area contributed by atoms with Gasteiger partial charge in [0.1, 0.15) is 11.4 Å². The molecule has 0 spiro atoms. The third kappa shape index (κ3) is 3.56. The van der Waals surface area contributed by atoms with Crippen LogP contribution in [0.3, 0.4) is 0 Å². The molecule has 2 heterocycles. The number of piperidine rings is 1. The molecule has 5 fully saturated rings. The zero-order valence-corrected chi connectivity index (χ0v) is 15.4. The number of hydrogen-bond donors (Lipinski definition) is 1. The molecule has 5 nitrogen and oxygen atoms in total. The lowest BCUT2D eigenvalue weighted by atomic mass is 9.56. The number of aromatic carboxylic acids is 1. The van der Waals surface area contributed by atoms with E-state index in [2.05, 4.69) is 10.00 Å². The highest BCUT2D eigenvalue weighted by Gasteiger charge is 2.41. The van der Waals surface area contributed by atoms with Gasteiger partial charge in [0.05, 0.1) is 6.20 Å². The van der Waals surface area contributed by atoms with Gasteiger partial charge < -0.3 is 10.0 Å². The number of aromatic nitrogens is 2. The summed E-state index contributed by atoms with van der Waals surface area (Å²) in [5.41, 5.74) is 0.305. The molecule has 1 saturated heterocycles. The number of aryl methyl sites for hydroxylation is 1. The van der Waals surface area contributed by atoms with Crippen molar-refractivity contribution in [1.29, 1.82) is 0 Å². The minimum atomic E-state index is -0.899. The Hall–Kier alpha value is -1.52. The van der Waals surface area contributed by atoms with Gasteiger partial charge in [0, 0.05) is 20.1 Å². The zero-order chi connectivity index (χ0) is 17.4. The van der Waals surface area contributed by atoms with E-state index in [-0.39, 0.29) is 0 Å². The maximum absolute atomic E-state index is 11.0. The van der Waals surface area contributed by atoms with Crippen molar-refractivity contribution in [2.24, 2.45) is 30.7 Å². The molecule has 0 amide bonds. The van der Waals surface area contributed by atoms with Gasteiger partial charge in [-0.05, 0) is 81.5 Å². The van der Waals surface area contributed by atoms with Gasteiger partial charge in [0.25, 0.3) is 0 Å². The van der Waals surface area contributed by atoms with Gasteiger partial charge in [0.15, 0.2) is 0 Å². The molecule has 25 heavy (non-hydrogen) atoms. The zero-order valence-electron chi connectivity index (χ0n) is 15.4. The predicted molar refractivity (Wildman–Crippen MR) is 97.9 cm³/mol. The number of nitrogens with zero attached hydrogens (tertiary/aromatic N) is 3. The van der Waals surface area contributed by atoms with E-state index in [0.717, 1.165) is 31.7 Å². The third-order valence-corrected chi connectivity index (χ3v) is 6.79. The molecule has 0 aromatic carbocycles. The summed E-state index contributed by atoms with van der Waals surface area (Å²) in [5.74, 6) is 4.55. The summed E-state index contributed by atoms with van der Waals surface area (Å²) >= 11 is 0. The van der Waals surface area contributed by atoms with Crippen molar-refractivity contribution in [2.45, 2.75) is 57.8 Å². The quantitative estimate of drug-likeness (QED) is 0.882. The molecule has 1 N–H and O–H groups in total. The molecule has 0 atom stereocenters. The van der Waals surface area contributed by atoms with Crippen LogP contribution in [0.15, 0.2) is 6.20 Å². The van der Waals surface area contributed by atoms with E-state index in [1.807, 2.05) is 0 Å². The van der Waals surface area contributed by atoms with Crippen molar-refractivity contribution in [3.63, 3.8) is 0 Å². The minimum Gasteiger partial charge on any atom is -0.477 e. The first-order valence-electron chi connectivity index (χ1n) is 10.1. The maximum atomic E-state index is 11.0. The standard InChI is InChI=1S/C10H15N3O2.C10H16/c1-12-9(8(7-11-12)10(14)15)13-5-3-2-4-6-13;1-7-2-9-4-8(1)5-10(3-7)6-9/h7H,2-6H2,1H3,(H,14,15);7-10H,1-6H2. The number of anilines is 1. The van der Waals surface area contributed by atoms with E-state index in [4.69, 9.17) is 5.11 Å². The topological polar surface area (TPSA) is 58.4 Å². The lowest BCUT2D eigenvalue weighted by Gasteiger charge is -2.49. The van der Waals surface area contributed by atoms with Crippen LogP contribution in [0.4, 0.5) is 5.82 Å². The van der Waals surface area contributed by atoms with Gasteiger partial charge in [-0.15, -0.1) is 0 Å². The van der Waals surface area contributed by atoms with E-state index in [1.165, 1.54) is 36.3 Å². The van der Waals surface area contributed by atoms with Crippen molar-refractivity contribution in [3.8, 4) is 0 Å². The van der Waals surface area contributed by atoms with Gasteiger partial charge >= 0.3 is 5.97 Å². The van der Waals surface area contributed by atoms with Gasteiger partial charge in [-0.2, -0.15) is 5.10 Å². The van der Waals surface area contributed by atoms with Crippen molar-refractivity contribution in [2.75, 3.05) is 18.0 Å². The Labute approximate surface area is 150 Å². The van der Waals surface area contributed by atoms with Crippen LogP contribution in [0, 0.1) is 23.7 Å². The van der Waals surface area contributed by atoms with Gasteiger partial charge in [0.2, 0.25) is 0 Å². The highest BCUT2D eigenvalue weighted by Crippen LogP contribution is 2.53. The Balaban J connectivity index is 0.000000134. The molecule has 4 bridgehead atoms. The number of carboxylic acids is 1. The number of carboxylic acid groups (broad SMARTS) is 1. The second-order valence-corrected chi connectivity index (χ2v) is 8.74. The molecule has 4 aliphatic carbocycles. The summed E-state index contributed by atoms with van der Waals surface area (Å²) in [7, 11) is 1.79. The van der Waals surface area contributed by atoms with Crippen LogP contribution in [0.2, 0.25) is 0 Å². The van der Waals surface area contributed by atoms with Gasteiger partial charge in [-0.1, -0.05) is 0 Å². The molecule has 5 heteroatoms. The van der Waals surface area contributed by atoms with Crippen LogP contribution in [0.5, 0.6) is 0 Å². The number of carbonyl (C=O) groups is 1. The molecule has 4 saturated carbocycles. The fourth-order valence-electron chi connectivity index (χ4n) is 6.05. The second-order valence-electron chi connectivity index (χ2n) is 8.74. The van der Waals surface area contributed by atoms with E-state index < -0.39 is 5.97 Å². The van der Waals surface area contributed by atoms with E-state index in [0.29, 0.717) is 5.56 Å². The Morgan fingerprint density at radius 2 is 1.44 bits per heavy atom. The summed E-state index contributed by atoms with van der Waals surface area (Å²) in [6, 6.07) is 0. The summed E-state index contributed by atoms with van der Waals surface area (Å²) in [5, 5.41) is 13.0. The fourth-order valence-corrected chi connectivity index (χ4v) is 6.05. The minimum absolute atomic E-state index is 0.305. The lowest BCUT2D eigenvalue weighted by Crippen LogP contribution is -2.38. The lowest BCUT2D eigenvalue weighted by molar-refractivity contribution is 0.0198. The Morgan fingerprint density at radius 3 is 1.88 bits per heavy atom.